The van der Waals surface area contributed by atoms with Gasteiger partial charge in [0.15, 0.2) is 5.69 Å². The predicted octanol–water partition coefficient (Wildman–Crippen LogP) is 2.27. The van der Waals surface area contributed by atoms with E-state index in [2.05, 4.69) is 15.5 Å². The normalized spacial score (nSPS) is 10.6. The minimum absolute atomic E-state index is 0.00487. The molecule has 0 aliphatic rings. The minimum atomic E-state index is -1.21. The number of anilines is 1. The van der Waals surface area contributed by atoms with E-state index in [0.29, 0.717) is 17.3 Å². The SMILES string of the molecule is Cn1ncc(C(=O)Nc2ccc(Cn3cc(Cl)cn3)cc2)c1C(=O)O. The van der Waals surface area contributed by atoms with Gasteiger partial charge in [-0.25, -0.2) is 4.79 Å². The van der Waals surface area contributed by atoms with Crippen LogP contribution in [0.4, 0.5) is 5.69 Å². The fourth-order valence-electron chi connectivity index (χ4n) is 2.36. The fourth-order valence-corrected chi connectivity index (χ4v) is 2.52. The Balaban J connectivity index is 1.71. The number of nitrogens with zero attached hydrogens (tertiary/aromatic N) is 4. The van der Waals surface area contributed by atoms with E-state index in [1.165, 1.54) is 13.2 Å². The number of aromatic nitrogens is 4. The van der Waals surface area contributed by atoms with Crippen molar-refractivity contribution in [2.75, 3.05) is 5.32 Å². The topological polar surface area (TPSA) is 102 Å². The summed E-state index contributed by atoms with van der Waals surface area (Å²) < 4.78 is 2.85. The van der Waals surface area contributed by atoms with Crippen molar-refractivity contribution in [3.8, 4) is 0 Å². The highest BCUT2D eigenvalue weighted by molar-refractivity contribution is 6.30. The zero-order chi connectivity index (χ0) is 18.0. The highest BCUT2D eigenvalue weighted by atomic mass is 35.5. The summed E-state index contributed by atoms with van der Waals surface area (Å²) in [6.45, 7) is 0.548. The van der Waals surface area contributed by atoms with E-state index in [9.17, 15) is 14.7 Å². The number of carboxylic acid groups (broad SMARTS) is 1. The van der Waals surface area contributed by atoms with Gasteiger partial charge in [0.2, 0.25) is 0 Å². The quantitative estimate of drug-likeness (QED) is 0.727. The number of carbonyl (C=O) groups excluding carboxylic acids is 1. The van der Waals surface area contributed by atoms with Gasteiger partial charge in [-0.1, -0.05) is 23.7 Å². The van der Waals surface area contributed by atoms with Crippen molar-refractivity contribution in [2.45, 2.75) is 6.54 Å². The van der Waals surface area contributed by atoms with Crippen LogP contribution in [-0.4, -0.2) is 36.5 Å². The molecule has 0 spiro atoms. The molecule has 9 heteroatoms. The Morgan fingerprint density at radius 2 is 1.92 bits per heavy atom. The number of halogens is 1. The Morgan fingerprint density at radius 3 is 2.52 bits per heavy atom. The molecule has 0 saturated heterocycles. The third-order valence-electron chi connectivity index (χ3n) is 3.54. The number of carbonyl (C=O) groups is 2. The Labute approximate surface area is 147 Å². The Kier molecular flexibility index (Phi) is 4.53. The number of rotatable bonds is 5. The molecule has 1 aromatic carbocycles. The summed E-state index contributed by atoms with van der Waals surface area (Å²) in [7, 11) is 1.47. The summed E-state index contributed by atoms with van der Waals surface area (Å²) in [5.74, 6) is -1.74. The van der Waals surface area contributed by atoms with Crippen LogP contribution in [0, 0.1) is 0 Å². The first-order valence-electron chi connectivity index (χ1n) is 7.27. The molecule has 128 valence electrons. The van der Waals surface area contributed by atoms with Crippen molar-refractivity contribution in [1.82, 2.24) is 19.6 Å². The zero-order valence-corrected chi connectivity index (χ0v) is 13.9. The number of hydrogen-bond acceptors (Lipinski definition) is 4. The zero-order valence-electron chi connectivity index (χ0n) is 13.2. The van der Waals surface area contributed by atoms with E-state index in [4.69, 9.17) is 11.6 Å². The summed E-state index contributed by atoms with van der Waals surface area (Å²) in [5.41, 5.74) is 1.37. The highest BCUT2D eigenvalue weighted by Gasteiger charge is 2.21. The first-order valence-corrected chi connectivity index (χ1v) is 7.65. The second kappa shape index (κ2) is 6.78. The van der Waals surface area contributed by atoms with Crippen LogP contribution in [0.25, 0.3) is 0 Å². The van der Waals surface area contributed by atoms with Gasteiger partial charge < -0.3 is 10.4 Å². The maximum Gasteiger partial charge on any atom is 0.354 e. The molecule has 0 unspecified atom stereocenters. The molecule has 8 nitrogen and oxygen atoms in total. The van der Waals surface area contributed by atoms with Crippen LogP contribution in [0.1, 0.15) is 26.4 Å². The van der Waals surface area contributed by atoms with Crippen molar-refractivity contribution in [1.29, 1.82) is 0 Å². The summed E-state index contributed by atoms with van der Waals surface area (Å²) in [5, 5.41) is 20.3. The molecular formula is C16H14ClN5O3. The Hall–Kier alpha value is -3.13. The molecule has 2 aromatic heterocycles. The van der Waals surface area contributed by atoms with Gasteiger partial charge >= 0.3 is 5.97 Å². The van der Waals surface area contributed by atoms with E-state index in [-0.39, 0.29) is 11.3 Å². The first-order chi connectivity index (χ1) is 11.9. The van der Waals surface area contributed by atoms with Crippen molar-refractivity contribution in [3.05, 3.63) is 64.7 Å². The largest absolute Gasteiger partial charge is 0.477 e. The lowest BCUT2D eigenvalue weighted by Gasteiger charge is -2.07. The molecule has 0 atom stereocenters. The van der Waals surface area contributed by atoms with Crippen molar-refractivity contribution < 1.29 is 14.7 Å². The lowest BCUT2D eigenvalue weighted by molar-refractivity contribution is 0.0680. The second-order valence-corrected chi connectivity index (χ2v) is 5.78. The van der Waals surface area contributed by atoms with Crippen LogP contribution in [0.5, 0.6) is 0 Å². The van der Waals surface area contributed by atoms with Gasteiger partial charge in [0.25, 0.3) is 5.91 Å². The lowest BCUT2D eigenvalue weighted by atomic mass is 10.2. The Bertz CT molecular complexity index is 930. The number of aromatic carboxylic acids is 1. The smallest absolute Gasteiger partial charge is 0.354 e. The molecule has 0 aliphatic carbocycles. The lowest BCUT2D eigenvalue weighted by Crippen LogP contribution is -2.17. The molecule has 25 heavy (non-hydrogen) atoms. The van der Waals surface area contributed by atoms with Gasteiger partial charge in [-0.2, -0.15) is 10.2 Å². The van der Waals surface area contributed by atoms with Crippen LogP contribution < -0.4 is 5.32 Å². The third-order valence-corrected chi connectivity index (χ3v) is 3.74. The number of carboxylic acids is 1. The summed E-state index contributed by atoms with van der Waals surface area (Å²) in [6, 6.07) is 7.14. The van der Waals surface area contributed by atoms with Crippen LogP contribution in [0.2, 0.25) is 5.02 Å². The van der Waals surface area contributed by atoms with Crippen molar-refractivity contribution in [2.24, 2.45) is 7.05 Å². The van der Waals surface area contributed by atoms with E-state index in [1.54, 1.807) is 29.2 Å². The number of nitrogens with one attached hydrogen (secondary N) is 1. The fraction of sp³-hybridized carbons (Fsp3) is 0.125. The molecule has 0 fully saturated rings. The standard InChI is InChI=1S/C16H14ClN5O3/c1-21-14(16(24)25)13(7-18-21)15(23)20-12-4-2-10(3-5-12)8-22-9-11(17)6-19-22/h2-7,9H,8H2,1H3,(H,20,23)(H,24,25). The van der Waals surface area contributed by atoms with Crippen molar-refractivity contribution >= 4 is 29.2 Å². The van der Waals surface area contributed by atoms with E-state index >= 15 is 0 Å². The van der Waals surface area contributed by atoms with Crippen LogP contribution >= 0.6 is 11.6 Å². The maximum atomic E-state index is 12.3. The average Bonchev–Trinajstić information content (AvgIpc) is 3.15. The van der Waals surface area contributed by atoms with E-state index in [1.807, 2.05) is 12.1 Å². The van der Waals surface area contributed by atoms with Gasteiger partial charge in [0.1, 0.15) is 0 Å². The highest BCUT2D eigenvalue weighted by Crippen LogP contribution is 2.15. The Morgan fingerprint density at radius 1 is 1.20 bits per heavy atom. The second-order valence-electron chi connectivity index (χ2n) is 5.34. The third kappa shape index (κ3) is 3.69. The van der Waals surface area contributed by atoms with Gasteiger partial charge in [-0.3, -0.25) is 14.2 Å². The van der Waals surface area contributed by atoms with Gasteiger partial charge in [0, 0.05) is 18.9 Å². The molecule has 2 heterocycles. The average molecular weight is 360 g/mol. The minimum Gasteiger partial charge on any atom is -0.477 e. The number of hydrogen-bond donors (Lipinski definition) is 2. The molecular weight excluding hydrogens is 346 g/mol. The van der Waals surface area contributed by atoms with Crippen molar-refractivity contribution in [3.63, 3.8) is 0 Å². The molecule has 3 aromatic rings. The van der Waals surface area contributed by atoms with Gasteiger partial charge in [-0.05, 0) is 17.7 Å². The molecule has 3 rings (SSSR count). The number of aryl methyl sites for hydroxylation is 1. The summed E-state index contributed by atoms with van der Waals surface area (Å²) in [4.78, 5) is 23.5. The molecule has 0 aliphatic heterocycles. The van der Waals surface area contributed by atoms with E-state index < -0.39 is 11.9 Å². The summed E-state index contributed by atoms with van der Waals surface area (Å²) >= 11 is 5.82. The van der Waals surface area contributed by atoms with Gasteiger partial charge in [-0.15, -0.1) is 0 Å². The number of benzene rings is 1. The maximum absolute atomic E-state index is 12.3. The molecule has 0 saturated carbocycles. The monoisotopic (exact) mass is 359 g/mol. The summed E-state index contributed by atoms with van der Waals surface area (Å²) in [6.07, 6.45) is 4.51. The molecule has 0 radical (unpaired) electrons. The van der Waals surface area contributed by atoms with Gasteiger partial charge in [0.05, 0.1) is 29.5 Å². The van der Waals surface area contributed by atoms with Crippen LogP contribution in [-0.2, 0) is 13.6 Å². The predicted molar refractivity (Wildman–Crippen MR) is 90.9 cm³/mol. The molecule has 2 N–H and O–H groups in total. The molecule has 0 bridgehead atoms. The van der Waals surface area contributed by atoms with E-state index in [0.717, 1.165) is 10.2 Å². The number of amides is 1. The molecule has 1 amide bonds. The van der Waals surface area contributed by atoms with Crippen LogP contribution in [0.3, 0.4) is 0 Å². The van der Waals surface area contributed by atoms with Crippen LogP contribution in [0.15, 0.2) is 42.9 Å². The first kappa shape index (κ1) is 16.7.